The van der Waals surface area contributed by atoms with Gasteiger partial charge in [-0.15, -0.1) is 0 Å². The highest BCUT2D eigenvalue weighted by Gasteiger charge is 2.19. The van der Waals surface area contributed by atoms with Gasteiger partial charge in [0, 0.05) is 17.2 Å². The molecular formula is C22H21Cl2N3O3. The van der Waals surface area contributed by atoms with Crippen molar-refractivity contribution < 1.29 is 9.90 Å². The number of aromatic nitrogens is 1. The Kier molecular flexibility index (Phi) is 5.62. The second-order valence-corrected chi connectivity index (χ2v) is 8.41. The van der Waals surface area contributed by atoms with Crippen LogP contribution in [0, 0.1) is 0 Å². The van der Waals surface area contributed by atoms with Gasteiger partial charge in [-0.3, -0.25) is 9.59 Å². The number of carbonyl (C=O) groups excluding carboxylic acids is 1. The van der Waals surface area contributed by atoms with Gasteiger partial charge in [-0.25, -0.2) is 0 Å². The van der Waals surface area contributed by atoms with Gasteiger partial charge in [-0.2, -0.15) is 0 Å². The molecule has 156 valence electrons. The predicted octanol–water partition coefficient (Wildman–Crippen LogP) is 4.85. The average Bonchev–Trinajstić information content (AvgIpc) is 2.74. The summed E-state index contributed by atoms with van der Waals surface area (Å²) in [6.45, 7) is 0. The summed E-state index contributed by atoms with van der Waals surface area (Å²) in [5.41, 5.74) is 6.86. The number of amides is 1. The molecule has 1 aliphatic carbocycles. The lowest BCUT2D eigenvalue weighted by molar-refractivity contribution is 0.0928. The fraction of sp³-hybridized carbons (Fsp3) is 0.273. The van der Waals surface area contributed by atoms with Gasteiger partial charge >= 0.3 is 0 Å². The monoisotopic (exact) mass is 445 g/mol. The van der Waals surface area contributed by atoms with Gasteiger partial charge in [-0.1, -0.05) is 42.5 Å². The number of nitrogens with one attached hydrogen (secondary N) is 2. The SMILES string of the molecule is Nc1c(Cl)cc(-c2[nH]c3ccc(C(=O)NC4CCCCC4)cc3c(=O)c2O)cc1Cl. The molecule has 0 aliphatic heterocycles. The summed E-state index contributed by atoms with van der Waals surface area (Å²) in [4.78, 5) is 28.5. The van der Waals surface area contributed by atoms with E-state index in [9.17, 15) is 14.7 Å². The molecule has 8 heteroatoms. The van der Waals surface area contributed by atoms with E-state index < -0.39 is 11.2 Å². The summed E-state index contributed by atoms with van der Waals surface area (Å²) in [7, 11) is 0. The molecule has 0 spiro atoms. The van der Waals surface area contributed by atoms with Crippen molar-refractivity contribution in [1.29, 1.82) is 0 Å². The van der Waals surface area contributed by atoms with Gasteiger partial charge in [0.05, 0.1) is 32.3 Å². The number of H-pyrrole nitrogens is 1. The Labute approximate surface area is 183 Å². The van der Waals surface area contributed by atoms with Crippen molar-refractivity contribution in [2.24, 2.45) is 0 Å². The first-order chi connectivity index (χ1) is 14.3. The van der Waals surface area contributed by atoms with Crippen LogP contribution in [-0.2, 0) is 0 Å². The number of fused-ring (bicyclic) bond motifs is 1. The fourth-order valence-electron chi connectivity index (χ4n) is 3.87. The Bertz CT molecular complexity index is 1180. The lowest BCUT2D eigenvalue weighted by Gasteiger charge is -2.22. The number of aromatic hydroxyl groups is 1. The number of hydrogen-bond acceptors (Lipinski definition) is 4. The number of benzene rings is 2. The third-order valence-electron chi connectivity index (χ3n) is 5.55. The van der Waals surface area contributed by atoms with Crippen LogP contribution in [0.3, 0.4) is 0 Å². The lowest BCUT2D eigenvalue weighted by atomic mass is 9.95. The predicted molar refractivity (Wildman–Crippen MR) is 120 cm³/mol. The van der Waals surface area contributed by atoms with Crippen LogP contribution in [0.2, 0.25) is 10.0 Å². The zero-order valence-corrected chi connectivity index (χ0v) is 17.6. The van der Waals surface area contributed by atoms with Crippen LogP contribution >= 0.6 is 23.2 Å². The van der Waals surface area contributed by atoms with Gasteiger partial charge in [-0.05, 0) is 43.2 Å². The maximum Gasteiger partial charge on any atom is 0.251 e. The van der Waals surface area contributed by atoms with Crippen LogP contribution < -0.4 is 16.5 Å². The molecule has 4 rings (SSSR count). The maximum atomic E-state index is 12.8. The Balaban J connectivity index is 1.72. The normalized spacial score (nSPS) is 14.7. The summed E-state index contributed by atoms with van der Waals surface area (Å²) in [6, 6.07) is 8.00. The van der Waals surface area contributed by atoms with Crippen LogP contribution in [0.5, 0.6) is 5.75 Å². The van der Waals surface area contributed by atoms with E-state index in [2.05, 4.69) is 10.3 Å². The smallest absolute Gasteiger partial charge is 0.251 e. The molecule has 0 atom stereocenters. The van der Waals surface area contributed by atoms with E-state index in [1.807, 2.05) is 0 Å². The van der Waals surface area contributed by atoms with Gasteiger partial charge < -0.3 is 21.1 Å². The van der Waals surface area contributed by atoms with Gasteiger partial charge in [0.25, 0.3) is 5.91 Å². The highest BCUT2D eigenvalue weighted by molar-refractivity contribution is 6.39. The zero-order chi connectivity index (χ0) is 21.4. The van der Waals surface area contributed by atoms with E-state index in [-0.39, 0.29) is 38.8 Å². The van der Waals surface area contributed by atoms with E-state index >= 15 is 0 Å². The summed E-state index contributed by atoms with van der Waals surface area (Å²) in [6.07, 6.45) is 5.35. The van der Waals surface area contributed by atoms with Crippen molar-refractivity contribution in [2.45, 2.75) is 38.1 Å². The van der Waals surface area contributed by atoms with E-state index in [0.29, 0.717) is 16.6 Å². The van der Waals surface area contributed by atoms with E-state index in [1.165, 1.54) is 24.6 Å². The summed E-state index contributed by atoms with van der Waals surface area (Å²) < 4.78 is 0. The average molecular weight is 446 g/mol. The number of rotatable bonds is 3. The molecule has 1 aliphatic rings. The molecule has 2 aromatic carbocycles. The number of halogens is 2. The van der Waals surface area contributed by atoms with Gasteiger partial charge in [0.2, 0.25) is 5.43 Å². The number of carbonyl (C=O) groups is 1. The summed E-state index contributed by atoms with van der Waals surface area (Å²) >= 11 is 12.2. The lowest BCUT2D eigenvalue weighted by Crippen LogP contribution is -2.36. The van der Waals surface area contributed by atoms with Crippen molar-refractivity contribution in [1.82, 2.24) is 10.3 Å². The van der Waals surface area contributed by atoms with E-state index in [0.717, 1.165) is 25.7 Å². The minimum absolute atomic E-state index is 0.163. The first-order valence-corrected chi connectivity index (χ1v) is 10.6. The Morgan fingerprint density at radius 2 is 1.77 bits per heavy atom. The molecule has 1 saturated carbocycles. The Hall–Kier alpha value is -2.70. The van der Waals surface area contributed by atoms with Crippen LogP contribution in [0.1, 0.15) is 42.5 Å². The highest BCUT2D eigenvalue weighted by atomic mass is 35.5. The Morgan fingerprint density at radius 3 is 2.43 bits per heavy atom. The first-order valence-electron chi connectivity index (χ1n) is 9.80. The second-order valence-electron chi connectivity index (χ2n) is 7.60. The topological polar surface area (TPSA) is 108 Å². The van der Waals surface area contributed by atoms with Gasteiger partial charge in [0.15, 0.2) is 5.75 Å². The molecule has 0 saturated heterocycles. The van der Waals surface area contributed by atoms with Crippen molar-refractivity contribution in [3.05, 3.63) is 56.2 Å². The van der Waals surface area contributed by atoms with Crippen LogP contribution in [0.4, 0.5) is 5.69 Å². The number of anilines is 1. The van der Waals surface area contributed by atoms with Crippen LogP contribution in [0.25, 0.3) is 22.2 Å². The molecule has 1 fully saturated rings. The Morgan fingerprint density at radius 1 is 1.10 bits per heavy atom. The third-order valence-corrected chi connectivity index (χ3v) is 6.17. The van der Waals surface area contributed by atoms with Crippen molar-refractivity contribution in [2.75, 3.05) is 5.73 Å². The molecule has 0 bridgehead atoms. The number of nitrogen functional groups attached to an aromatic ring is 1. The quantitative estimate of drug-likeness (QED) is 0.431. The number of hydrogen-bond donors (Lipinski definition) is 4. The molecule has 0 unspecified atom stereocenters. The molecule has 6 nitrogen and oxygen atoms in total. The number of nitrogens with two attached hydrogens (primary N) is 1. The molecule has 3 aromatic rings. The zero-order valence-electron chi connectivity index (χ0n) is 16.1. The minimum atomic E-state index is -0.588. The largest absolute Gasteiger partial charge is 0.503 e. The number of pyridine rings is 1. The second kappa shape index (κ2) is 8.20. The van der Waals surface area contributed by atoms with Crippen molar-refractivity contribution in [3.8, 4) is 17.0 Å². The standard InChI is InChI=1S/C22H21Cl2N3O3/c23-15-9-12(10-16(24)18(15)25)19-21(29)20(28)14-8-11(6-7-17(14)27-19)22(30)26-13-4-2-1-3-5-13/h6-10,13,29H,1-5,25H2,(H,26,30)(H,27,28). The molecule has 0 radical (unpaired) electrons. The summed E-state index contributed by atoms with van der Waals surface area (Å²) in [5.74, 6) is -0.701. The molecular weight excluding hydrogens is 425 g/mol. The highest BCUT2D eigenvalue weighted by Crippen LogP contribution is 2.35. The van der Waals surface area contributed by atoms with Crippen LogP contribution in [-0.4, -0.2) is 22.0 Å². The fourth-order valence-corrected chi connectivity index (χ4v) is 4.36. The number of aromatic amines is 1. The molecule has 1 heterocycles. The third kappa shape index (κ3) is 3.85. The maximum absolute atomic E-state index is 12.8. The first kappa shape index (κ1) is 20.6. The van der Waals surface area contributed by atoms with E-state index in [1.54, 1.807) is 12.1 Å². The van der Waals surface area contributed by atoms with Crippen LogP contribution in [0.15, 0.2) is 35.1 Å². The van der Waals surface area contributed by atoms with Crippen molar-refractivity contribution >= 4 is 45.7 Å². The molecule has 5 N–H and O–H groups in total. The molecule has 1 aromatic heterocycles. The summed E-state index contributed by atoms with van der Waals surface area (Å²) in [5, 5.41) is 14.2. The van der Waals surface area contributed by atoms with Crippen molar-refractivity contribution in [3.63, 3.8) is 0 Å². The minimum Gasteiger partial charge on any atom is -0.503 e. The van der Waals surface area contributed by atoms with Gasteiger partial charge in [0.1, 0.15) is 0 Å². The molecule has 1 amide bonds. The van der Waals surface area contributed by atoms with E-state index in [4.69, 9.17) is 28.9 Å². The molecule has 30 heavy (non-hydrogen) atoms.